The maximum absolute atomic E-state index is 14.0. The van der Waals surface area contributed by atoms with E-state index in [-0.39, 0.29) is 28.2 Å². The van der Waals surface area contributed by atoms with Gasteiger partial charge in [-0.3, -0.25) is 44.8 Å². The maximum Gasteiger partial charge on any atom is 0.282 e. The Balaban J connectivity index is 1.92. The molecule has 0 saturated heterocycles. The minimum Gasteiger partial charge on any atom is -0.324 e. The number of hydrogen-bond donors (Lipinski definition) is 1. The van der Waals surface area contributed by atoms with Crippen LogP contribution in [0.25, 0.3) is 0 Å². The minimum atomic E-state index is -1.69. The lowest BCUT2D eigenvalue weighted by atomic mass is 9.99. The van der Waals surface area contributed by atoms with Gasteiger partial charge in [0.1, 0.15) is 11.6 Å². The van der Waals surface area contributed by atoms with Gasteiger partial charge in [0.25, 0.3) is 28.9 Å². The zero-order valence-corrected chi connectivity index (χ0v) is 20.4. The smallest absolute Gasteiger partial charge is 0.282 e. The number of rotatable bonds is 9. The number of nitro benzene ring substituents is 3. The summed E-state index contributed by atoms with van der Waals surface area (Å²) in [6.07, 6.45) is 0. The van der Waals surface area contributed by atoms with E-state index >= 15 is 0 Å². The molecule has 0 aliphatic rings. The number of nitro groups is 3. The van der Waals surface area contributed by atoms with E-state index in [0.717, 1.165) is 23.1 Å². The summed E-state index contributed by atoms with van der Waals surface area (Å²) in [5.74, 6) is -1.86. The highest BCUT2D eigenvalue weighted by atomic mass is 16.6. The van der Waals surface area contributed by atoms with Crippen LogP contribution in [0.3, 0.4) is 0 Å². The Morgan fingerprint density at radius 2 is 1.20 bits per heavy atom. The van der Waals surface area contributed by atoms with Gasteiger partial charge in [0.2, 0.25) is 0 Å². The molecule has 13 nitrogen and oxygen atoms in total. The van der Waals surface area contributed by atoms with Gasteiger partial charge in [0.05, 0.1) is 20.3 Å². The van der Waals surface area contributed by atoms with Crippen LogP contribution in [0, 0.1) is 30.3 Å². The Bertz CT molecular complexity index is 1610. The number of non-ortho nitro benzene ring substituents is 1. The predicted octanol–water partition coefficient (Wildman–Crippen LogP) is 5.44. The molecule has 1 N–H and O–H groups in total. The number of nitrogens with one attached hydrogen (secondary N) is 1. The summed E-state index contributed by atoms with van der Waals surface area (Å²) in [4.78, 5) is 61.5. The number of carbonyl (C=O) groups is 2. The summed E-state index contributed by atoms with van der Waals surface area (Å²) in [6, 6.07) is 21.4. The number of carbonyl (C=O) groups excluding carboxylic acids is 2. The Hall–Kier alpha value is -5.98. The fourth-order valence-electron chi connectivity index (χ4n) is 4.08. The molecule has 200 valence electrons. The maximum atomic E-state index is 14.0. The molecule has 4 aromatic rings. The molecule has 1 atom stereocenters. The molecular formula is C27H19N5O8. The molecule has 13 heteroatoms. The highest BCUT2D eigenvalue weighted by Gasteiger charge is 2.39. The molecule has 4 aromatic carbocycles. The van der Waals surface area contributed by atoms with Crippen molar-refractivity contribution in [3.63, 3.8) is 0 Å². The van der Waals surface area contributed by atoms with E-state index in [4.69, 9.17) is 0 Å². The van der Waals surface area contributed by atoms with Crippen LogP contribution in [0.2, 0.25) is 0 Å². The zero-order chi connectivity index (χ0) is 28.8. The Kier molecular flexibility index (Phi) is 7.85. The minimum absolute atomic E-state index is 0.116. The number of para-hydroxylation sites is 3. The normalized spacial score (nSPS) is 11.2. The van der Waals surface area contributed by atoms with E-state index in [9.17, 15) is 39.9 Å². The van der Waals surface area contributed by atoms with Gasteiger partial charge < -0.3 is 5.32 Å². The van der Waals surface area contributed by atoms with Gasteiger partial charge in [-0.25, -0.2) is 0 Å². The summed E-state index contributed by atoms with van der Waals surface area (Å²) in [5.41, 5.74) is -1.48. The molecule has 0 heterocycles. The van der Waals surface area contributed by atoms with Gasteiger partial charge in [-0.1, -0.05) is 42.5 Å². The van der Waals surface area contributed by atoms with Gasteiger partial charge >= 0.3 is 0 Å². The molecule has 0 bridgehead atoms. The second kappa shape index (κ2) is 11.6. The molecule has 0 aromatic heterocycles. The van der Waals surface area contributed by atoms with Crippen LogP contribution in [0.1, 0.15) is 22.0 Å². The SMILES string of the molecule is O=C(Nc1ccc([N+](=O)[O-])cc1)C(c1ccccc1[N+](=O)[O-])N(C(=O)c1ccccc1[N+](=O)[O-])c1ccccc1. The van der Waals surface area contributed by atoms with Crippen LogP contribution >= 0.6 is 0 Å². The van der Waals surface area contributed by atoms with Crippen molar-refractivity contribution in [3.8, 4) is 0 Å². The van der Waals surface area contributed by atoms with Crippen molar-refractivity contribution in [1.82, 2.24) is 0 Å². The van der Waals surface area contributed by atoms with Gasteiger partial charge in [-0.05, 0) is 36.4 Å². The number of amides is 2. The summed E-state index contributed by atoms with van der Waals surface area (Å²) >= 11 is 0. The highest BCUT2D eigenvalue weighted by Crippen LogP contribution is 2.36. The van der Waals surface area contributed by atoms with Crippen LogP contribution in [0.15, 0.2) is 103 Å². The molecule has 40 heavy (non-hydrogen) atoms. The quantitative estimate of drug-likeness (QED) is 0.215. The second-order valence-electron chi connectivity index (χ2n) is 8.30. The largest absolute Gasteiger partial charge is 0.324 e. The van der Waals surface area contributed by atoms with Crippen LogP contribution in [-0.2, 0) is 4.79 Å². The fourth-order valence-corrected chi connectivity index (χ4v) is 4.08. The van der Waals surface area contributed by atoms with Crippen LogP contribution in [-0.4, -0.2) is 26.6 Å². The molecule has 0 aliphatic heterocycles. The number of nitrogens with zero attached hydrogens (tertiary/aromatic N) is 4. The van der Waals surface area contributed by atoms with Crippen molar-refractivity contribution in [1.29, 1.82) is 0 Å². The van der Waals surface area contributed by atoms with Gasteiger partial charge in [-0.2, -0.15) is 0 Å². The highest BCUT2D eigenvalue weighted by molar-refractivity contribution is 6.13. The molecular weight excluding hydrogens is 522 g/mol. The first-order chi connectivity index (χ1) is 19.2. The fraction of sp³-hybridized carbons (Fsp3) is 0.0370. The third kappa shape index (κ3) is 5.62. The standard InChI is InChI=1S/C27H19N5O8/c33-26(28-18-14-16-20(17-15-18)30(35)36)25(21-10-4-6-12-23(21)31(37)38)29(19-8-2-1-3-9-19)27(34)22-11-5-7-13-24(22)32(39)40/h1-17,25H,(H,28,33). The first-order valence-corrected chi connectivity index (χ1v) is 11.6. The second-order valence-corrected chi connectivity index (χ2v) is 8.30. The van der Waals surface area contributed by atoms with Crippen molar-refractivity contribution >= 4 is 40.3 Å². The lowest BCUT2D eigenvalue weighted by molar-refractivity contribution is -0.385. The van der Waals surface area contributed by atoms with Gasteiger partial charge in [-0.15, -0.1) is 0 Å². The van der Waals surface area contributed by atoms with Crippen LogP contribution in [0.5, 0.6) is 0 Å². The lowest BCUT2D eigenvalue weighted by Gasteiger charge is -2.31. The lowest BCUT2D eigenvalue weighted by Crippen LogP contribution is -2.42. The van der Waals surface area contributed by atoms with E-state index < -0.39 is 44.0 Å². The zero-order valence-electron chi connectivity index (χ0n) is 20.4. The predicted molar refractivity (Wildman–Crippen MR) is 144 cm³/mol. The summed E-state index contributed by atoms with van der Waals surface area (Å²) in [6.45, 7) is 0. The first kappa shape index (κ1) is 27.1. The molecule has 0 spiro atoms. The van der Waals surface area contributed by atoms with Crippen molar-refractivity contribution in [2.45, 2.75) is 6.04 Å². The molecule has 0 saturated carbocycles. The number of anilines is 2. The monoisotopic (exact) mass is 541 g/mol. The van der Waals surface area contributed by atoms with Gasteiger partial charge in [0.15, 0.2) is 0 Å². The summed E-state index contributed by atoms with van der Waals surface area (Å²) in [5, 5.41) is 37.3. The molecule has 4 rings (SSSR count). The molecule has 1 unspecified atom stereocenters. The van der Waals surface area contributed by atoms with E-state index in [0.29, 0.717) is 0 Å². The van der Waals surface area contributed by atoms with E-state index in [1.54, 1.807) is 18.2 Å². The molecule has 0 aliphatic carbocycles. The van der Waals surface area contributed by atoms with Crippen molar-refractivity contribution in [2.24, 2.45) is 0 Å². The molecule has 0 radical (unpaired) electrons. The molecule has 0 fully saturated rings. The van der Waals surface area contributed by atoms with E-state index in [1.807, 2.05) is 0 Å². The average Bonchev–Trinajstić information content (AvgIpc) is 2.96. The number of hydrogen-bond acceptors (Lipinski definition) is 8. The average molecular weight is 541 g/mol. The van der Waals surface area contributed by atoms with E-state index in [2.05, 4.69) is 5.32 Å². The third-order valence-corrected chi connectivity index (χ3v) is 5.86. The Labute approximate surface area is 225 Å². The summed E-state index contributed by atoms with van der Waals surface area (Å²) in [7, 11) is 0. The number of benzene rings is 4. The molecule has 2 amide bonds. The Morgan fingerprint density at radius 1 is 0.650 bits per heavy atom. The summed E-state index contributed by atoms with van der Waals surface area (Å²) < 4.78 is 0. The topological polar surface area (TPSA) is 179 Å². The van der Waals surface area contributed by atoms with Gasteiger partial charge in [0, 0.05) is 35.6 Å². The Morgan fingerprint density at radius 3 is 1.80 bits per heavy atom. The third-order valence-electron chi connectivity index (χ3n) is 5.86. The van der Waals surface area contributed by atoms with Crippen molar-refractivity contribution in [3.05, 3.63) is 145 Å². The first-order valence-electron chi connectivity index (χ1n) is 11.6. The van der Waals surface area contributed by atoms with Crippen LogP contribution in [0.4, 0.5) is 28.4 Å². The van der Waals surface area contributed by atoms with Crippen LogP contribution < -0.4 is 10.2 Å². The van der Waals surface area contributed by atoms with Crippen molar-refractivity contribution in [2.75, 3.05) is 10.2 Å². The van der Waals surface area contributed by atoms with E-state index in [1.165, 1.54) is 66.7 Å². The van der Waals surface area contributed by atoms with Crippen molar-refractivity contribution < 1.29 is 24.4 Å².